The molecular formula is C27H37F2N3O3. The molecule has 35 heavy (non-hydrogen) atoms. The van der Waals surface area contributed by atoms with Crippen LogP contribution in [0.25, 0.3) is 11.1 Å². The van der Waals surface area contributed by atoms with Gasteiger partial charge in [-0.2, -0.15) is 4.39 Å². The number of hydrogen-bond donors (Lipinski definition) is 0. The van der Waals surface area contributed by atoms with Crippen molar-refractivity contribution < 1.29 is 23.0 Å². The lowest BCUT2D eigenvalue weighted by Crippen LogP contribution is -2.39. The zero-order chi connectivity index (χ0) is 26.1. The highest BCUT2D eigenvalue weighted by Gasteiger charge is 2.37. The van der Waals surface area contributed by atoms with Crippen LogP contribution >= 0.6 is 0 Å². The summed E-state index contributed by atoms with van der Waals surface area (Å²) in [6, 6.07) is 1.11. The minimum absolute atomic E-state index is 0.181. The fraction of sp³-hybridized carbons (Fsp3) is 0.593. The van der Waals surface area contributed by atoms with E-state index in [9.17, 15) is 13.6 Å². The molecule has 3 heterocycles. The van der Waals surface area contributed by atoms with Crippen molar-refractivity contribution in [2.45, 2.75) is 86.0 Å². The summed E-state index contributed by atoms with van der Waals surface area (Å²) in [6.07, 6.45) is 3.41. The maximum absolute atomic E-state index is 14.2. The molecule has 6 nitrogen and oxygen atoms in total. The van der Waals surface area contributed by atoms with Crippen LogP contribution in [0.2, 0.25) is 0 Å². The smallest absolute Gasteiger partial charge is 0.340 e. The maximum Gasteiger partial charge on any atom is 0.340 e. The Bertz CT molecular complexity index is 1070. The quantitative estimate of drug-likeness (QED) is 0.357. The third kappa shape index (κ3) is 6.54. The predicted molar refractivity (Wildman–Crippen MR) is 132 cm³/mol. The van der Waals surface area contributed by atoms with E-state index in [0.717, 1.165) is 37.7 Å². The van der Waals surface area contributed by atoms with Crippen LogP contribution in [0.1, 0.15) is 78.7 Å². The molecule has 3 rings (SSSR count). The number of nitrogens with zero attached hydrogens (tertiary/aromatic N) is 3. The zero-order valence-corrected chi connectivity index (χ0v) is 22.0. The molecule has 0 aliphatic carbocycles. The number of pyridine rings is 2. The molecule has 0 N–H and O–H groups in total. The van der Waals surface area contributed by atoms with Gasteiger partial charge in [0.15, 0.2) is 11.9 Å². The van der Waals surface area contributed by atoms with Gasteiger partial charge in [0.25, 0.3) is 0 Å². The van der Waals surface area contributed by atoms with Gasteiger partial charge in [0.2, 0.25) is 5.95 Å². The molecule has 2 aromatic heterocycles. The van der Waals surface area contributed by atoms with Crippen LogP contribution in [0, 0.1) is 24.1 Å². The van der Waals surface area contributed by atoms with Crippen LogP contribution in [-0.4, -0.2) is 40.7 Å². The molecule has 1 aliphatic rings. The van der Waals surface area contributed by atoms with Gasteiger partial charge < -0.3 is 14.4 Å². The van der Waals surface area contributed by atoms with E-state index in [1.807, 2.05) is 27.7 Å². The Kier molecular flexibility index (Phi) is 7.84. The van der Waals surface area contributed by atoms with Gasteiger partial charge in [-0.05, 0) is 65.9 Å². The Balaban J connectivity index is 2.26. The van der Waals surface area contributed by atoms with Crippen molar-refractivity contribution in [2.24, 2.45) is 5.41 Å². The molecule has 1 unspecified atom stereocenters. The number of esters is 1. The first-order chi connectivity index (χ1) is 16.2. The minimum Gasteiger partial charge on any atom is -0.461 e. The van der Waals surface area contributed by atoms with Crippen LogP contribution < -0.4 is 4.90 Å². The monoisotopic (exact) mass is 489 g/mol. The highest BCUT2D eigenvalue weighted by Crippen LogP contribution is 2.43. The van der Waals surface area contributed by atoms with E-state index in [-0.39, 0.29) is 11.5 Å². The van der Waals surface area contributed by atoms with Gasteiger partial charge in [0, 0.05) is 47.9 Å². The molecule has 2 aromatic rings. The lowest BCUT2D eigenvalue weighted by Gasteiger charge is -2.41. The van der Waals surface area contributed by atoms with Crippen molar-refractivity contribution in [1.29, 1.82) is 0 Å². The van der Waals surface area contributed by atoms with E-state index in [2.05, 4.69) is 28.7 Å². The lowest BCUT2D eigenvalue weighted by molar-refractivity contribution is -0.171. The fourth-order valence-electron chi connectivity index (χ4n) is 4.25. The summed E-state index contributed by atoms with van der Waals surface area (Å²) in [5, 5.41) is 0. The van der Waals surface area contributed by atoms with Crippen LogP contribution in [0.4, 0.5) is 14.5 Å². The van der Waals surface area contributed by atoms with Crippen LogP contribution in [0.3, 0.4) is 0 Å². The summed E-state index contributed by atoms with van der Waals surface area (Å²) >= 11 is 0. The second kappa shape index (κ2) is 10.2. The molecule has 0 saturated carbocycles. The average molecular weight is 490 g/mol. The molecule has 1 fully saturated rings. The van der Waals surface area contributed by atoms with E-state index in [4.69, 9.17) is 9.47 Å². The molecule has 1 aliphatic heterocycles. The van der Waals surface area contributed by atoms with Crippen LogP contribution in [-0.2, 0) is 14.3 Å². The first kappa shape index (κ1) is 27.0. The number of hydrogen-bond acceptors (Lipinski definition) is 6. The number of piperidine rings is 1. The van der Waals surface area contributed by atoms with Gasteiger partial charge in [-0.1, -0.05) is 13.8 Å². The number of ether oxygens (including phenoxy) is 2. The van der Waals surface area contributed by atoms with Gasteiger partial charge in [-0.15, -0.1) is 0 Å². The number of rotatable bonds is 6. The number of anilines is 1. The molecule has 0 spiro atoms. The Morgan fingerprint density at radius 3 is 2.29 bits per heavy atom. The van der Waals surface area contributed by atoms with E-state index in [1.54, 1.807) is 20.0 Å². The van der Waals surface area contributed by atoms with Gasteiger partial charge >= 0.3 is 5.97 Å². The Hall–Kier alpha value is -2.61. The fourth-order valence-corrected chi connectivity index (χ4v) is 4.25. The van der Waals surface area contributed by atoms with Gasteiger partial charge in [-0.3, -0.25) is 4.98 Å². The normalized spacial score (nSPS) is 16.9. The number of carbonyl (C=O) groups excluding carboxylic acids is 1. The molecule has 1 atom stereocenters. The summed E-state index contributed by atoms with van der Waals surface area (Å²) in [6.45, 7) is 16.9. The molecule has 1 saturated heterocycles. The molecule has 0 aromatic carbocycles. The summed E-state index contributed by atoms with van der Waals surface area (Å²) in [7, 11) is 0. The van der Waals surface area contributed by atoms with E-state index >= 15 is 0 Å². The second-order valence-electron chi connectivity index (χ2n) is 11.3. The van der Waals surface area contributed by atoms with E-state index in [0.29, 0.717) is 22.4 Å². The van der Waals surface area contributed by atoms with Crippen LogP contribution in [0.5, 0.6) is 0 Å². The third-order valence-corrected chi connectivity index (χ3v) is 6.13. The number of aryl methyl sites for hydroxylation is 1. The first-order valence-corrected chi connectivity index (χ1v) is 12.1. The summed E-state index contributed by atoms with van der Waals surface area (Å²) in [4.78, 5) is 23.7. The third-order valence-electron chi connectivity index (χ3n) is 6.13. The predicted octanol–water partition coefficient (Wildman–Crippen LogP) is 6.16. The SMILES string of the molecule is Cc1ncc(-c2cnc(F)c(F)c2)c(N2CCC(C)(C)CC2)c1C(OC(C)(C)C)C(=O)OC(C)C. The first-order valence-electron chi connectivity index (χ1n) is 12.1. The van der Waals surface area contributed by atoms with Gasteiger partial charge in [-0.25, -0.2) is 14.2 Å². The van der Waals surface area contributed by atoms with E-state index in [1.165, 1.54) is 6.20 Å². The summed E-state index contributed by atoms with van der Waals surface area (Å²) in [5.41, 5.74) is 2.37. The Labute approximate surface area is 207 Å². The van der Waals surface area contributed by atoms with Crippen molar-refractivity contribution >= 4 is 11.7 Å². The van der Waals surface area contributed by atoms with Gasteiger partial charge in [0.1, 0.15) is 0 Å². The molecule has 0 amide bonds. The van der Waals surface area contributed by atoms with E-state index < -0.39 is 29.4 Å². The van der Waals surface area contributed by atoms with Crippen molar-refractivity contribution in [3.63, 3.8) is 0 Å². The lowest BCUT2D eigenvalue weighted by atomic mass is 9.82. The van der Waals surface area contributed by atoms with Crippen molar-refractivity contribution in [3.8, 4) is 11.1 Å². The highest BCUT2D eigenvalue weighted by molar-refractivity contribution is 5.87. The molecule has 8 heteroatoms. The molecule has 192 valence electrons. The molecule has 0 bridgehead atoms. The highest BCUT2D eigenvalue weighted by atomic mass is 19.2. The zero-order valence-electron chi connectivity index (χ0n) is 22.0. The second-order valence-corrected chi connectivity index (χ2v) is 11.3. The molecular weight excluding hydrogens is 452 g/mol. The average Bonchev–Trinajstić information content (AvgIpc) is 2.73. The van der Waals surface area contributed by atoms with Crippen molar-refractivity contribution in [2.75, 3.05) is 18.0 Å². The van der Waals surface area contributed by atoms with Crippen molar-refractivity contribution in [1.82, 2.24) is 9.97 Å². The topological polar surface area (TPSA) is 64.5 Å². The Morgan fingerprint density at radius 2 is 1.74 bits per heavy atom. The number of aromatic nitrogens is 2. The largest absolute Gasteiger partial charge is 0.461 e. The van der Waals surface area contributed by atoms with Gasteiger partial charge in [0.05, 0.1) is 17.4 Å². The standard InChI is InChI=1S/C27H37F2N3O3/c1-16(2)34-25(33)23(35-26(4,5)6)21-17(3)30-15-19(18-13-20(28)24(29)31-14-18)22(21)32-11-9-27(7,8)10-12-32/h13-16,23H,9-12H2,1-8H3. The Morgan fingerprint density at radius 1 is 1.11 bits per heavy atom. The van der Waals surface area contributed by atoms with Crippen LogP contribution in [0.15, 0.2) is 18.5 Å². The van der Waals surface area contributed by atoms with Crippen molar-refractivity contribution in [3.05, 3.63) is 41.5 Å². The minimum atomic E-state index is -1.16. The molecule has 0 radical (unpaired) electrons. The summed E-state index contributed by atoms with van der Waals surface area (Å²) < 4.78 is 39.7. The number of halogens is 2. The number of carbonyl (C=O) groups is 1. The summed E-state index contributed by atoms with van der Waals surface area (Å²) in [5.74, 6) is -2.72. The maximum atomic E-state index is 14.2.